The Hall–Kier alpha value is -2.55. The number of benzene rings is 1. The smallest absolute Gasteiger partial charge is 0.244 e. The maximum atomic E-state index is 14.0. The highest BCUT2D eigenvalue weighted by molar-refractivity contribution is 7.89. The van der Waals surface area contributed by atoms with Gasteiger partial charge in [0.05, 0.1) is 4.90 Å². The van der Waals surface area contributed by atoms with Crippen molar-refractivity contribution >= 4 is 27.5 Å². The fourth-order valence-electron chi connectivity index (χ4n) is 4.10. The van der Waals surface area contributed by atoms with Crippen LogP contribution in [0.5, 0.6) is 0 Å². The molecule has 2 aliphatic heterocycles. The van der Waals surface area contributed by atoms with Crippen LogP contribution in [0.1, 0.15) is 32.1 Å². The van der Waals surface area contributed by atoms with Gasteiger partial charge in [-0.15, -0.1) is 0 Å². The molecule has 9 heteroatoms. The molecule has 0 radical (unpaired) electrons. The van der Waals surface area contributed by atoms with Gasteiger partial charge in [-0.25, -0.2) is 8.42 Å². The molecule has 2 unspecified atom stereocenters. The predicted molar refractivity (Wildman–Crippen MR) is 121 cm³/mol. The number of hydrogen-bond acceptors (Lipinski definition) is 5. The van der Waals surface area contributed by atoms with Crippen LogP contribution < -0.4 is 5.32 Å². The number of carbonyl (C=O) groups is 1. The first-order chi connectivity index (χ1) is 15.5. The molecule has 1 amide bonds. The van der Waals surface area contributed by atoms with Crippen LogP contribution in [0.4, 0.5) is 0 Å². The van der Waals surface area contributed by atoms with E-state index in [1.165, 1.54) is 47.4 Å². The Morgan fingerprint density at radius 3 is 2.66 bits per heavy atom. The van der Waals surface area contributed by atoms with Gasteiger partial charge >= 0.3 is 0 Å². The van der Waals surface area contributed by atoms with Gasteiger partial charge in [-0.1, -0.05) is 29.8 Å². The SMILES string of the molecule is O=C1NCCCCC1N(C(C1=CC=CCC1)C1=COC=CO1)S(=O)(=O)c1ccc(Cl)cc1. The number of ether oxygens (including phenoxy) is 2. The van der Waals surface area contributed by atoms with Gasteiger partial charge in [0, 0.05) is 11.6 Å². The van der Waals surface area contributed by atoms with Gasteiger partial charge < -0.3 is 14.8 Å². The molecule has 1 aromatic carbocycles. The van der Waals surface area contributed by atoms with Crippen LogP contribution in [-0.2, 0) is 24.3 Å². The molecule has 0 aromatic heterocycles. The van der Waals surface area contributed by atoms with Gasteiger partial charge in [0.15, 0.2) is 5.76 Å². The van der Waals surface area contributed by atoms with Crippen molar-refractivity contribution in [3.8, 4) is 0 Å². The number of sulfonamides is 1. The maximum absolute atomic E-state index is 14.0. The Balaban J connectivity index is 1.88. The van der Waals surface area contributed by atoms with Gasteiger partial charge in [0.2, 0.25) is 15.9 Å². The summed E-state index contributed by atoms with van der Waals surface area (Å²) in [6, 6.07) is 4.24. The molecule has 7 nitrogen and oxygen atoms in total. The summed E-state index contributed by atoms with van der Waals surface area (Å²) < 4.78 is 40.4. The number of amides is 1. The largest absolute Gasteiger partial charge is 0.466 e. The molecule has 0 spiro atoms. The molecule has 0 saturated carbocycles. The van der Waals surface area contributed by atoms with Crippen molar-refractivity contribution in [3.05, 3.63) is 77.6 Å². The van der Waals surface area contributed by atoms with E-state index in [2.05, 4.69) is 5.32 Å². The van der Waals surface area contributed by atoms with Crippen LogP contribution in [0.15, 0.2) is 77.5 Å². The van der Waals surface area contributed by atoms with Crippen molar-refractivity contribution in [2.45, 2.75) is 49.1 Å². The maximum Gasteiger partial charge on any atom is 0.244 e. The molecule has 2 heterocycles. The van der Waals surface area contributed by atoms with Gasteiger partial charge in [0.25, 0.3) is 0 Å². The van der Waals surface area contributed by atoms with E-state index in [1.54, 1.807) is 0 Å². The quantitative estimate of drug-likeness (QED) is 0.670. The van der Waals surface area contributed by atoms with Crippen molar-refractivity contribution in [1.29, 1.82) is 0 Å². The zero-order valence-electron chi connectivity index (χ0n) is 17.4. The number of rotatable bonds is 6. The van der Waals surface area contributed by atoms with E-state index >= 15 is 0 Å². The highest BCUT2D eigenvalue weighted by Gasteiger charge is 2.45. The van der Waals surface area contributed by atoms with Crippen LogP contribution in [0.3, 0.4) is 0 Å². The van der Waals surface area contributed by atoms with Crippen LogP contribution in [-0.4, -0.2) is 37.3 Å². The summed E-state index contributed by atoms with van der Waals surface area (Å²) in [6.45, 7) is 0.519. The van der Waals surface area contributed by atoms with Crippen LogP contribution in [0.25, 0.3) is 0 Å². The third-order valence-corrected chi connectivity index (χ3v) is 7.79. The zero-order chi connectivity index (χ0) is 22.6. The second-order valence-electron chi connectivity index (χ2n) is 7.75. The second-order valence-corrected chi connectivity index (χ2v) is 10.0. The van der Waals surface area contributed by atoms with E-state index in [0.29, 0.717) is 30.2 Å². The third kappa shape index (κ3) is 4.77. The fourth-order valence-corrected chi connectivity index (χ4v) is 6.01. The van der Waals surface area contributed by atoms with E-state index in [9.17, 15) is 13.2 Å². The molecule has 1 N–H and O–H groups in total. The summed E-state index contributed by atoms with van der Waals surface area (Å²) in [6.07, 6.45) is 13.2. The summed E-state index contributed by atoms with van der Waals surface area (Å²) in [5.74, 6) is -0.00602. The lowest BCUT2D eigenvalue weighted by Crippen LogP contribution is -2.54. The molecule has 1 saturated heterocycles. The number of hydrogen-bond donors (Lipinski definition) is 1. The topological polar surface area (TPSA) is 84.9 Å². The molecular formula is C23H25ClN2O5S. The van der Waals surface area contributed by atoms with E-state index in [-0.39, 0.29) is 10.8 Å². The summed E-state index contributed by atoms with van der Waals surface area (Å²) in [4.78, 5) is 13.1. The highest BCUT2D eigenvalue weighted by Crippen LogP contribution is 2.35. The molecule has 1 aromatic rings. The average molecular weight is 477 g/mol. The monoisotopic (exact) mass is 476 g/mol. The van der Waals surface area contributed by atoms with Crippen LogP contribution in [0.2, 0.25) is 5.02 Å². The minimum atomic E-state index is -4.12. The Morgan fingerprint density at radius 1 is 1.16 bits per heavy atom. The molecule has 32 heavy (non-hydrogen) atoms. The van der Waals surface area contributed by atoms with E-state index in [4.69, 9.17) is 21.1 Å². The van der Waals surface area contributed by atoms with E-state index < -0.39 is 22.1 Å². The number of nitrogens with one attached hydrogen (secondary N) is 1. The lowest BCUT2D eigenvalue weighted by Gasteiger charge is -2.38. The summed E-state index contributed by atoms with van der Waals surface area (Å²) >= 11 is 6.00. The molecular weight excluding hydrogens is 452 g/mol. The molecule has 3 aliphatic rings. The van der Waals surface area contributed by atoms with Crippen molar-refractivity contribution in [1.82, 2.24) is 9.62 Å². The number of allylic oxidation sites excluding steroid dienone is 3. The number of nitrogens with zero attached hydrogens (tertiary/aromatic N) is 1. The Bertz CT molecular complexity index is 1080. The average Bonchev–Trinajstić information content (AvgIpc) is 3.02. The van der Waals surface area contributed by atoms with Crippen molar-refractivity contribution in [3.63, 3.8) is 0 Å². The van der Waals surface area contributed by atoms with E-state index in [1.807, 2.05) is 18.2 Å². The van der Waals surface area contributed by atoms with Crippen LogP contribution in [0, 0.1) is 0 Å². The lowest BCUT2D eigenvalue weighted by atomic mass is 9.95. The Kier molecular flexibility index (Phi) is 7.03. The van der Waals surface area contributed by atoms with E-state index in [0.717, 1.165) is 24.8 Å². The summed E-state index contributed by atoms with van der Waals surface area (Å²) in [7, 11) is -4.12. The van der Waals surface area contributed by atoms with Gasteiger partial charge in [-0.05, 0) is 61.9 Å². The molecule has 0 bridgehead atoms. The number of carbonyl (C=O) groups excluding carboxylic acids is 1. The van der Waals surface area contributed by atoms with Gasteiger partial charge in [0.1, 0.15) is 30.9 Å². The first-order valence-corrected chi connectivity index (χ1v) is 12.4. The molecule has 1 fully saturated rings. The zero-order valence-corrected chi connectivity index (χ0v) is 19.0. The Morgan fingerprint density at radius 2 is 1.97 bits per heavy atom. The molecule has 4 rings (SSSR count). The summed E-state index contributed by atoms with van der Waals surface area (Å²) in [5, 5.41) is 3.29. The molecule has 1 aliphatic carbocycles. The van der Waals surface area contributed by atoms with Gasteiger partial charge in [-0.3, -0.25) is 4.79 Å². The minimum Gasteiger partial charge on any atom is -0.466 e. The van der Waals surface area contributed by atoms with Crippen LogP contribution >= 0.6 is 11.6 Å². The third-order valence-electron chi connectivity index (χ3n) is 5.65. The minimum absolute atomic E-state index is 0.0590. The van der Waals surface area contributed by atoms with Gasteiger partial charge in [-0.2, -0.15) is 4.31 Å². The summed E-state index contributed by atoms with van der Waals surface area (Å²) in [5.41, 5.74) is 0.826. The standard InChI is InChI=1S/C23H25ClN2O5S/c24-18-9-11-19(12-10-18)32(28,29)26(20-8-4-5-13-25-23(20)27)22(17-6-2-1-3-7-17)21-16-30-14-15-31-21/h1-2,6,9-12,14-16,20,22H,3-5,7-8,13H2,(H,25,27). The molecule has 170 valence electrons. The molecule has 2 atom stereocenters. The van der Waals surface area contributed by atoms with Crippen molar-refractivity contribution < 1.29 is 22.7 Å². The van der Waals surface area contributed by atoms with Crippen molar-refractivity contribution in [2.24, 2.45) is 0 Å². The lowest BCUT2D eigenvalue weighted by molar-refractivity contribution is -0.124. The first kappa shape index (κ1) is 22.6. The highest BCUT2D eigenvalue weighted by atomic mass is 35.5. The normalized spacial score (nSPS) is 22.2. The Labute approximate surface area is 193 Å². The fraction of sp³-hybridized carbons (Fsp3) is 0.348. The number of halogens is 1. The first-order valence-electron chi connectivity index (χ1n) is 10.6. The predicted octanol–water partition coefficient (Wildman–Crippen LogP) is 4.00. The van der Waals surface area contributed by atoms with Crippen molar-refractivity contribution in [2.75, 3.05) is 6.54 Å². The second kappa shape index (κ2) is 9.94.